The van der Waals surface area contributed by atoms with Crippen molar-refractivity contribution in [2.24, 2.45) is 4.99 Å². The third-order valence-corrected chi connectivity index (χ3v) is 3.86. The summed E-state index contributed by atoms with van der Waals surface area (Å²) in [5.41, 5.74) is 1.20. The van der Waals surface area contributed by atoms with Crippen molar-refractivity contribution in [3.05, 3.63) is 29.8 Å². The molecule has 0 aliphatic carbocycles. The second-order valence-corrected chi connectivity index (χ2v) is 6.54. The van der Waals surface area contributed by atoms with Crippen molar-refractivity contribution in [1.29, 1.82) is 0 Å². The number of aryl methyl sites for hydroxylation is 1. The summed E-state index contributed by atoms with van der Waals surface area (Å²) in [6.45, 7) is 11.3. The number of nitrogens with zero attached hydrogens (tertiary/aromatic N) is 2. The molecule has 0 aromatic heterocycles. The van der Waals surface area contributed by atoms with E-state index in [9.17, 15) is 0 Å². The molecule has 1 aromatic rings. The van der Waals surface area contributed by atoms with Gasteiger partial charge in [0.05, 0.1) is 13.2 Å². The van der Waals surface area contributed by atoms with Crippen LogP contribution in [0.5, 0.6) is 5.75 Å². The zero-order valence-electron chi connectivity index (χ0n) is 17.5. The first-order valence-corrected chi connectivity index (χ1v) is 9.48. The summed E-state index contributed by atoms with van der Waals surface area (Å²) >= 11 is 0. The Labute approximate surface area is 182 Å². The van der Waals surface area contributed by atoms with Crippen LogP contribution in [0.15, 0.2) is 29.3 Å². The molecule has 27 heavy (non-hydrogen) atoms. The highest BCUT2D eigenvalue weighted by Gasteiger charge is 2.05. The molecule has 0 saturated carbocycles. The molecule has 156 valence electrons. The average Bonchev–Trinajstić information content (AvgIpc) is 2.61. The fourth-order valence-corrected chi connectivity index (χ4v) is 2.43. The monoisotopic (exact) mass is 492 g/mol. The minimum absolute atomic E-state index is 0. The fourth-order valence-electron chi connectivity index (χ4n) is 2.43. The lowest BCUT2D eigenvalue weighted by molar-refractivity contribution is 0.161. The summed E-state index contributed by atoms with van der Waals surface area (Å²) in [6, 6.07) is 8.10. The van der Waals surface area contributed by atoms with Crippen LogP contribution >= 0.6 is 24.0 Å². The van der Waals surface area contributed by atoms with Crippen molar-refractivity contribution in [2.45, 2.75) is 33.3 Å². The zero-order valence-corrected chi connectivity index (χ0v) is 19.8. The molecule has 0 amide bonds. The Balaban J connectivity index is 0.00000676. The van der Waals surface area contributed by atoms with Gasteiger partial charge in [0, 0.05) is 26.7 Å². The van der Waals surface area contributed by atoms with Crippen LogP contribution in [0.4, 0.5) is 0 Å². The summed E-state index contributed by atoms with van der Waals surface area (Å²) in [5, 5.41) is 6.67. The van der Waals surface area contributed by atoms with Crippen molar-refractivity contribution in [2.75, 3.05) is 53.5 Å². The molecule has 0 aliphatic rings. The van der Waals surface area contributed by atoms with E-state index in [1.165, 1.54) is 5.56 Å². The van der Waals surface area contributed by atoms with Crippen molar-refractivity contribution in [3.63, 3.8) is 0 Å². The highest BCUT2D eigenvalue weighted by molar-refractivity contribution is 14.0. The van der Waals surface area contributed by atoms with E-state index in [4.69, 9.17) is 9.47 Å². The predicted molar refractivity (Wildman–Crippen MR) is 125 cm³/mol. The first-order chi connectivity index (χ1) is 12.5. The van der Waals surface area contributed by atoms with Crippen molar-refractivity contribution in [3.8, 4) is 5.75 Å². The van der Waals surface area contributed by atoms with Gasteiger partial charge in [-0.3, -0.25) is 0 Å². The Hall–Kier alpha value is -1.06. The summed E-state index contributed by atoms with van der Waals surface area (Å²) in [4.78, 5) is 6.90. The molecule has 0 spiro atoms. The van der Waals surface area contributed by atoms with Gasteiger partial charge in [0.25, 0.3) is 0 Å². The molecule has 0 aliphatic heterocycles. The van der Waals surface area contributed by atoms with E-state index in [2.05, 4.69) is 47.5 Å². The van der Waals surface area contributed by atoms with Crippen LogP contribution in [0.1, 0.15) is 25.8 Å². The second-order valence-electron chi connectivity index (χ2n) is 6.54. The molecule has 0 heterocycles. The molecule has 1 unspecified atom stereocenters. The quantitative estimate of drug-likeness (QED) is 0.204. The Morgan fingerprint density at radius 3 is 2.70 bits per heavy atom. The number of guanidine groups is 1. The van der Waals surface area contributed by atoms with Gasteiger partial charge in [-0.2, -0.15) is 0 Å². The maximum Gasteiger partial charge on any atom is 0.191 e. The molecular formula is C20H37IN4O2. The number of halogens is 1. The molecule has 0 saturated heterocycles. The standard InChI is InChI=1S/C20H36N4O2.HI/c1-6-21-20(22-11-8-12-24(4)13-14-25-5)23-16-18(3)26-19-10-7-9-17(2)15-19;/h7,9-10,15,18H,6,8,11-14,16H2,1-5H3,(H2,21,22,23);1H. The topological polar surface area (TPSA) is 58.1 Å². The Morgan fingerprint density at radius 1 is 1.26 bits per heavy atom. The largest absolute Gasteiger partial charge is 0.489 e. The summed E-state index contributed by atoms with van der Waals surface area (Å²) in [5.74, 6) is 1.73. The van der Waals surface area contributed by atoms with Crippen molar-refractivity contribution in [1.82, 2.24) is 15.5 Å². The number of ether oxygens (including phenoxy) is 2. The molecule has 2 N–H and O–H groups in total. The van der Waals surface area contributed by atoms with Gasteiger partial charge in [0.1, 0.15) is 11.9 Å². The number of benzene rings is 1. The van der Waals surface area contributed by atoms with Crippen LogP contribution in [0.25, 0.3) is 0 Å². The summed E-state index contributed by atoms with van der Waals surface area (Å²) < 4.78 is 11.0. The van der Waals surface area contributed by atoms with Crippen LogP contribution in [0, 0.1) is 6.92 Å². The second kappa shape index (κ2) is 15.9. The van der Waals surface area contributed by atoms with Gasteiger partial charge in [0.2, 0.25) is 0 Å². The smallest absolute Gasteiger partial charge is 0.191 e. The molecule has 1 aromatic carbocycles. The van der Waals surface area contributed by atoms with Crippen LogP contribution in [0.3, 0.4) is 0 Å². The molecule has 0 bridgehead atoms. The lowest BCUT2D eigenvalue weighted by atomic mass is 10.2. The normalized spacial score (nSPS) is 12.4. The first-order valence-electron chi connectivity index (χ1n) is 9.48. The third kappa shape index (κ3) is 12.9. The highest BCUT2D eigenvalue weighted by Crippen LogP contribution is 2.14. The van der Waals surface area contributed by atoms with Gasteiger partial charge in [-0.25, -0.2) is 4.99 Å². The van der Waals surface area contributed by atoms with E-state index in [0.29, 0.717) is 6.54 Å². The molecule has 7 heteroatoms. The van der Waals surface area contributed by atoms with E-state index < -0.39 is 0 Å². The molecule has 0 fully saturated rings. The number of methoxy groups -OCH3 is 1. The maximum absolute atomic E-state index is 5.94. The molecule has 0 radical (unpaired) electrons. The van der Waals surface area contributed by atoms with Gasteiger partial charge in [-0.1, -0.05) is 12.1 Å². The van der Waals surface area contributed by atoms with Crippen molar-refractivity contribution < 1.29 is 9.47 Å². The van der Waals surface area contributed by atoms with Crippen LogP contribution in [-0.4, -0.2) is 70.5 Å². The van der Waals surface area contributed by atoms with Gasteiger partial charge in [0.15, 0.2) is 5.96 Å². The zero-order chi connectivity index (χ0) is 19.2. The molecule has 1 rings (SSSR count). The minimum Gasteiger partial charge on any atom is -0.489 e. The summed E-state index contributed by atoms with van der Waals surface area (Å²) in [7, 11) is 3.85. The molecular weight excluding hydrogens is 455 g/mol. The maximum atomic E-state index is 5.94. The van der Waals surface area contributed by atoms with Gasteiger partial charge in [-0.15, -0.1) is 24.0 Å². The lowest BCUT2D eigenvalue weighted by Crippen LogP contribution is -2.39. The Kier molecular flexibility index (Phi) is 15.3. The third-order valence-electron chi connectivity index (χ3n) is 3.86. The summed E-state index contributed by atoms with van der Waals surface area (Å²) in [6.07, 6.45) is 1.08. The van der Waals surface area contributed by atoms with E-state index in [-0.39, 0.29) is 30.1 Å². The SMILES string of the molecule is CCNC(=NCC(C)Oc1cccc(C)c1)NCCCN(C)CCOC.I. The Bertz CT molecular complexity index is 528. The van der Waals surface area contributed by atoms with E-state index in [1.807, 2.05) is 25.1 Å². The number of rotatable bonds is 12. The minimum atomic E-state index is 0. The highest BCUT2D eigenvalue weighted by atomic mass is 127. The van der Waals surface area contributed by atoms with Crippen molar-refractivity contribution >= 4 is 29.9 Å². The van der Waals surface area contributed by atoms with Gasteiger partial charge >= 0.3 is 0 Å². The number of likely N-dealkylation sites (N-methyl/N-ethyl adjacent to an activating group) is 1. The Morgan fingerprint density at radius 2 is 2.04 bits per heavy atom. The molecule has 6 nitrogen and oxygen atoms in total. The number of nitrogens with one attached hydrogen (secondary N) is 2. The van der Waals surface area contributed by atoms with E-state index in [1.54, 1.807) is 7.11 Å². The van der Waals surface area contributed by atoms with Crippen LogP contribution in [-0.2, 0) is 4.74 Å². The number of hydrogen-bond acceptors (Lipinski definition) is 4. The van der Waals surface area contributed by atoms with E-state index >= 15 is 0 Å². The first kappa shape index (κ1) is 25.9. The molecule has 1 atom stereocenters. The number of aliphatic imine (C=N–C) groups is 1. The number of hydrogen-bond donors (Lipinski definition) is 2. The van der Waals surface area contributed by atoms with Gasteiger partial charge in [-0.05, 0) is 58.5 Å². The van der Waals surface area contributed by atoms with E-state index in [0.717, 1.165) is 50.9 Å². The predicted octanol–water partition coefficient (Wildman–Crippen LogP) is 2.90. The average molecular weight is 492 g/mol. The lowest BCUT2D eigenvalue weighted by Gasteiger charge is -2.17. The van der Waals surface area contributed by atoms with Gasteiger partial charge < -0.3 is 25.0 Å². The van der Waals surface area contributed by atoms with Crippen LogP contribution < -0.4 is 15.4 Å². The van der Waals surface area contributed by atoms with Crippen LogP contribution in [0.2, 0.25) is 0 Å². The fraction of sp³-hybridized carbons (Fsp3) is 0.650.